The van der Waals surface area contributed by atoms with Gasteiger partial charge in [-0.1, -0.05) is 18.2 Å². The summed E-state index contributed by atoms with van der Waals surface area (Å²) in [6, 6.07) is 7.12. The smallest absolute Gasteiger partial charge is 0.241 e. The number of carbonyl (C=O) groups excluding carboxylic acids is 2. The molecule has 6 nitrogen and oxygen atoms in total. The highest BCUT2D eigenvalue weighted by Crippen LogP contribution is 2.15. The van der Waals surface area contributed by atoms with Crippen molar-refractivity contribution in [3.05, 3.63) is 29.8 Å². The monoisotopic (exact) mass is 292 g/mol. The third-order valence-electron chi connectivity index (χ3n) is 3.51. The lowest BCUT2D eigenvalue weighted by Crippen LogP contribution is -2.41. The normalized spacial score (nSPS) is 12.0. The van der Waals surface area contributed by atoms with E-state index in [0.29, 0.717) is 19.5 Å². The number of carbonyl (C=O) groups is 2. The number of nitrogens with zero attached hydrogens (tertiary/aromatic N) is 1. The van der Waals surface area contributed by atoms with Crippen molar-refractivity contribution in [1.29, 1.82) is 0 Å². The molecule has 0 aliphatic heterocycles. The topological polar surface area (TPSA) is 87.5 Å². The van der Waals surface area contributed by atoms with Crippen molar-refractivity contribution < 1.29 is 9.59 Å². The van der Waals surface area contributed by atoms with E-state index in [1.54, 1.807) is 7.05 Å². The largest absolute Gasteiger partial charge is 0.359 e. The van der Waals surface area contributed by atoms with E-state index in [4.69, 9.17) is 5.73 Å². The van der Waals surface area contributed by atoms with Gasteiger partial charge in [0.15, 0.2) is 0 Å². The first-order chi connectivity index (χ1) is 9.99. The van der Waals surface area contributed by atoms with Crippen molar-refractivity contribution in [2.75, 3.05) is 26.0 Å². The molecule has 0 aromatic heterocycles. The van der Waals surface area contributed by atoms with Crippen molar-refractivity contribution in [3.63, 3.8) is 0 Å². The van der Waals surface area contributed by atoms with Gasteiger partial charge in [0.05, 0.1) is 6.04 Å². The van der Waals surface area contributed by atoms with Gasteiger partial charge in [-0.2, -0.15) is 0 Å². The second kappa shape index (κ2) is 8.39. The number of hydrogen-bond donors (Lipinski definition) is 3. The summed E-state index contributed by atoms with van der Waals surface area (Å²) in [5, 5.41) is 5.45. The lowest BCUT2D eigenvalue weighted by Gasteiger charge is -2.24. The lowest BCUT2D eigenvalue weighted by atomic mass is 10.1. The maximum absolute atomic E-state index is 12.2. The van der Waals surface area contributed by atoms with Crippen LogP contribution in [0, 0.1) is 0 Å². The Morgan fingerprint density at radius 2 is 2.00 bits per heavy atom. The molecule has 116 valence electrons. The SMILES string of the molecule is CNC(=O)CCN(C)C(C)C(=O)Nc1ccccc1CN. The van der Waals surface area contributed by atoms with Crippen LogP contribution in [0.15, 0.2) is 24.3 Å². The standard InChI is InChI=1S/C15H24N4O2/c1-11(19(3)9-8-14(20)17-2)15(21)18-13-7-5-4-6-12(13)10-16/h4-7,11H,8-10,16H2,1-3H3,(H,17,20)(H,18,21). The molecule has 0 saturated carbocycles. The zero-order chi connectivity index (χ0) is 15.8. The number of amides is 2. The molecule has 0 saturated heterocycles. The molecular formula is C15H24N4O2. The van der Waals surface area contributed by atoms with E-state index < -0.39 is 0 Å². The van der Waals surface area contributed by atoms with Gasteiger partial charge < -0.3 is 16.4 Å². The molecule has 0 heterocycles. The number of hydrogen-bond acceptors (Lipinski definition) is 4. The number of rotatable bonds is 7. The van der Waals surface area contributed by atoms with Gasteiger partial charge in [0.1, 0.15) is 0 Å². The maximum Gasteiger partial charge on any atom is 0.241 e. The van der Waals surface area contributed by atoms with Crippen LogP contribution in [0.3, 0.4) is 0 Å². The van der Waals surface area contributed by atoms with Gasteiger partial charge >= 0.3 is 0 Å². The third-order valence-corrected chi connectivity index (χ3v) is 3.51. The van der Waals surface area contributed by atoms with Crippen molar-refractivity contribution in [2.24, 2.45) is 5.73 Å². The quantitative estimate of drug-likeness (QED) is 0.684. The van der Waals surface area contributed by atoms with E-state index in [0.717, 1.165) is 11.3 Å². The van der Waals surface area contributed by atoms with E-state index in [2.05, 4.69) is 10.6 Å². The second-order valence-corrected chi connectivity index (χ2v) is 4.93. The summed E-state index contributed by atoms with van der Waals surface area (Å²) in [6.45, 7) is 2.70. The van der Waals surface area contributed by atoms with Crippen molar-refractivity contribution >= 4 is 17.5 Å². The van der Waals surface area contributed by atoms with Crippen LogP contribution >= 0.6 is 0 Å². The molecule has 1 rings (SSSR count). The van der Waals surface area contributed by atoms with Crippen molar-refractivity contribution in [1.82, 2.24) is 10.2 Å². The Bertz CT molecular complexity index is 490. The summed E-state index contributed by atoms with van der Waals surface area (Å²) in [6.07, 6.45) is 0.365. The van der Waals surface area contributed by atoms with Gasteiger partial charge in [-0.15, -0.1) is 0 Å². The summed E-state index contributed by atoms with van der Waals surface area (Å²) in [7, 11) is 3.42. The minimum absolute atomic E-state index is 0.0389. The highest BCUT2D eigenvalue weighted by molar-refractivity contribution is 5.95. The van der Waals surface area contributed by atoms with Crippen LogP contribution < -0.4 is 16.4 Å². The molecule has 1 atom stereocenters. The first kappa shape index (κ1) is 17.1. The molecular weight excluding hydrogens is 268 g/mol. The van der Waals surface area contributed by atoms with Gasteiger partial charge in [0, 0.05) is 32.2 Å². The van der Waals surface area contributed by atoms with Gasteiger partial charge in [-0.05, 0) is 25.6 Å². The predicted molar refractivity (Wildman–Crippen MR) is 83.7 cm³/mol. The Balaban J connectivity index is 2.59. The third kappa shape index (κ3) is 5.17. The predicted octanol–water partition coefficient (Wildman–Crippen LogP) is 0.540. The fourth-order valence-electron chi connectivity index (χ4n) is 1.85. The summed E-state index contributed by atoms with van der Waals surface area (Å²) in [4.78, 5) is 25.3. The average Bonchev–Trinajstić information content (AvgIpc) is 2.51. The van der Waals surface area contributed by atoms with Crippen LogP contribution in [0.5, 0.6) is 0 Å². The number of para-hydroxylation sites is 1. The van der Waals surface area contributed by atoms with Gasteiger partial charge in [-0.25, -0.2) is 0 Å². The summed E-state index contributed by atoms with van der Waals surface area (Å²) < 4.78 is 0. The number of benzene rings is 1. The van der Waals surface area contributed by atoms with Gasteiger partial charge in [0.25, 0.3) is 0 Å². The first-order valence-electron chi connectivity index (χ1n) is 6.99. The Labute approximate surface area is 125 Å². The first-order valence-corrected chi connectivity index (χ1v) is 6.99. The van der Waals surface area contributed by atoms with Crippen LogP contribution in [-0.2, 0) is 16.1 Å². The Hall–Kier alpha value is -1.92. The number of nitrogens with one attached hydrogen (secondary N) is 2. The van der Waals surface area contributed by atoms with E-state index in [-0.39, 0.29) is 17.9 Å². The molecule has 1 unspecified atom stereocenters. The summed E-state index contributed by atoms with van der Waals surface area (Å²) >= 11 is 0. The lowest BCUT2D eigenvalue weighted by molar-refractivity contribution is -0.123. The van der Waals surface area contributed by atoms with Gasteiger partial charge in [0.2, 0.25) is 11.8 Å². The Morgan fingerprint density at radius 3 is 2.62 bits per heavy atom. The van der Waals surface area contributed by atoms with Crippen LogP contribution in [0.25, 0.3) is 0 Å². The highest BCUT2D eigenvalue weighted by atomic mass is 16.2. The highest BCUT2D eigenvalue weighted by Gasteiger charge is 2.19. The fourth-order valence-corrected chi connectivity index (χ4v) is 1.85. The van der Waals surface area contributed by atoms with Crippen LogP contribution in [0.2, 0.25) is 0 Å². The Kier molecular flexibility index (Phi) is 6.84. The van der Waals surface area contributed by atoms with E-state index in [1.165, 1.54) is 0 Å². The minimum Gasteiger partial charge on any atom is -0.359 e. The molecule has 0 spiro atoms. The number of likely N-dealkylation sites (N-methyl/N-ethyl adjacent to an activating group) is 1. The van der Waals surface area contributed by atoms with Gasteiger partial charge in [-0.3, -0.25) is 14.5 Å². The van der Waals surface area contributed by atoms with E-state index in [9.17, 15) is 9.59 Å². The molecule has 0 aliphatic carbocycles. The van der Waals surface area contributed by atoms with Crippen LogP contribution in [0.1, 0.15) is 18.9 Å². The Morgan fingerprint density at radius 1 is 1.33 bits per heavy atom. The molecule has 4 N–H and O–H groups in total. The molecule has 0 bridgehead atoms. The molecule has 0 fully saturated rings. The molecule has 2 amide bonds. The number of anilines is 1. The number of nitrogens with two attached hydrogens (primary N) is 1. The zero-order valence-electron chi connectivity index (χ0n) is 12.8. The minimum atomic E-state index is -0.333. The van der Waals surface area contributed by atoms with E-state index in [1.807, 2.05) is 43.1 Å². The van der Waals surface area contributed by atoms with E-state index >= 15 is 0 Å². The van der Waals surface area contributed by atoms with Crippen LogP contribution in [-0.4, -0.2) is 43.4 Å². The average molecular weight is 292 g/mol. The van der Waals surface area contributed by atoms with Crippen molar-refractivity contribution in [2.45, 2.75) is 25.9 Å². The molecule has 1 aromatic carbocycles. The van der Waals surface area contributed by atoms with Crippen molar-refractivity contribution in [3.8, 4) is 0 Å². The van der Waals surface area contributed by atoms with Crippen LogP contribution in [0.4, 0.5) is 5.69 Å². The molecule has 1 aromatic rings. The molecule has 0 radical (unpaired) electrons. The fraction of sp³-hybridized carbons (Fsp3) is 0.467. The summed E-state index contributed by atoms with van der Waals surface area (Å²) in [5.74, 6) is -0.154. The zero-order valence-corrected chi connectivity index (χ0v) is 12.8. The maximum atomic E-state index is 12.2. The molecule has 6 heteroatoms. The summed E-state index contributed by atoms with van der Waals surface area (Å²) in [5.41, 5.74) is 7.28. The second-order valence-electron chi connectivity index (χ2n) is 4.93. The molecule has 0 aliphatic rings. The molecule has 21 heavy (non-hydrogen) atoms.